The summed E-state index contributed by atoms with van der Waals surface area (Å²) in [6.07, 6.45) is -1.85. The topological polar surface area (TPSA) is 61.2 Å². The van der Waals surface area contributed by atoms with Crippen LogP contribution < -0.4 is 10.3 Å². The van der Waals surface area contributed by atoms with Crippen LogP contribution in [-0.4, -0.2) is 33.0 Å². The van der Waals surface area contributed by atoms with Crippen LogP contribution in [0.3, 0.4) is 0 Å². The Bertz CT molecular complexity index is 846. The molecule has 5 nitrogen and oxygen atoms in total. The third-order valence-corrected chi connectivity index (χ3v) is 4.32. The first kappa shape index (κ1) is 20.2. The zero-order valence-electron chi connectivity index (χ0n) is 14.5. The van der Waals surface area contributed by atoms with E-state index in [4.69, 9.17) is 4.74 Å². The highest BCUT2D eigenvalue weighted by Crippen LogP contribution is 2.28. The van der Waals surface area contributed by atoms with Gasteiger partial charge in [-0.3, -0.25) is 9.00 Å². The standard InChI is InChI=1S/C17H19F3N2O3S/c1-11(2)9-25-15-14(12-4-6-13(7-5-12)26(3)24)8-21-22(16(15)23)10-17(18,19)20/h4-8,11H,9-10H2,1-3H3. The molecule has 0 saturated heterocycles. The molecule has 0 spiro atoms. The lowest BCUT2D eigenvalue weighted by atomic mass is 10.1. The second-order valence-corrected chi connectivity index (χ2v) is 7.53. The maximum absolute atomic E-state index is 12.6. The molecule has 0 saturated carbocycles. The number of halogens is 3. The highest BCUT2D eigenvalue weighted by Gasteiger charge is 2.30. The summed E-state index contributed by atoms with van der Waals surface area (Å²) < 4.78 is 55.3. The Morgan fingerprint density at radius 3 is 2.35 bits per heavy atom. The summed E-state index contributed by atoms with van der Waals surface area (Å²) in [7, 11) is -1.17. The van der Waals surface area contributed by atoms with Crippen molar-refractivity contribution in [2.24, 2.45) is 5.92 Å². The number of alkyl halides is 3. The van der Waals surface area contributed by atoms with E-state index in [1.54, 1.807) is 24.3 Å². The van der Waals surface area contributed by atoms with E-state index in [9.17, 15) is 22.2 Å². The van der Waals surface area contributed by atoms with Crippen molar-refractivity contribution >= 4 is 10.8 Å². The highest BCUT2D eigenvalue weighted by molar-refractivity contribution is 7.84. The minimum absolute atomic E-state index is 0.0800. The van der Waals surface area contributed by atoms with Crippen LogP contribution in [0.1, 0.15) is 13.8 Å². The zero-order chi connectivity index (χ0) is 19.5. The maximum Gasteiger partial charge on any atom is 0.408 e. The van der Waals surface area contributed by atoms with E-state index in [1.165, 1.54) is 12.5 Å². The molecule has 0 fully saturated rings. The first-order valence-corrected chi connectivity index (χ1v) is 9.38. The number of hydrogen-bond acceptors (Lipinski definition) is 4. The summed E-state index contributed by atoms with van der Waals surface area (Å²) in [6.45, 7) is 2.41. The lowest BCUT2D eigenvalue weighted by Gasteiger charge is -2.15. The monoisotopic (exact) mass is 388 g/mol. The van der Waals surface area contributed by atoms with Crippen LogP contribution in [0.15, 0.2) is 40.2 Å². The number of hydrogen-bond donors (Lipinski definition) is 0. The van der Waals surface area contributed by atoms with Crippen molar-refractivity contribution in [2.45, 2.75) is 31.5 Å². The molecule has 0 radical (unpaired) electrons. The Hall–Kier alpha value is -2.16. The first-order valence-electron chi connectivity index (χ1n) is 7.82. The van der Waals surface area contributed by atoms with Crippen molar-refractivity contribution in [1.29, 1.82) is 0 Å². The fraction of sp³-hybridized carbons (Fsp3) is 0.412. The van der Waals surface area contributed by atoms with Crippen LogP contribution in [0.4, 0.5) is 13.2 Å². The molecule has 0 bridgehead atoms. The summed E-state index contributed by atoms with van der Waals surface area (Å²) in [5, 5.41) is 3.63. The van der Waals surface area contributed by atoms with E-state index >= 15 is 0 Å². The average Bonchev–Trinajstić information content (AvgIpc) is 2.54. The molecular weight excluding hydrogens is 369 g/mol. The Balaban J connectivity index is 2.51. The van der Waals surface area contributed by atoms with Gasteiger partial charge in [-0.2, -0.15) is 18.3 Å². The average molecular weight is 388 g/mol. The van der Waals surface area contributed by atoms with Crippen LogP contribution >= 0.6 is 0 Å². The molecule has 9 heteroatoms. The van der Waals surface area contributed by atoms with Gasteiger partial charge in [0.15, 0.2) is 5.75 Å². The molecule has 0 aliphatic carbocycles. The second-order valence-electron chi connectivity index (χ2n) is 6.15. The van der Waals surface area contributed by atoms with E-state index in [0.29, 0.717) is 20.7 Å². The Labute approximate surface area is 151 Å². The predicted octanol–water partition coefficient (Wildman–Crippen LogP) is 3.24. The zero-order valence-corrected chi connectivity index (χ0v) is 15.4. The van der Waals surface area contributed by atoms with Crippen LogP contribution in [0, 0.1) is 5.92 Å². The van der Waals surface area contributed by atoms with Crippen LogP contribution in [0.5, 0.6) is 5.75 Å². The molecule has 26 heavy (non-hydrogen) atoms. The molecule has 142 valence electrons. The van der Waals surface area contributed by atoms with Gasteiger partial charge in [0.25, 0.3) is 0 Å². The molecule has 1 aromatic heterocycles. The SMILES string of the molecule is CC(C)COc1c(-c2ccc(S(C)=O)cc2)cnn(CC(F)(F)F)c1=O. The summed E-state index contributed by atoms with van der Waals surface area (Å²) in [4.78, 5) is 13.0. The summed E-state index contributed by atoms with van der Waals surface area (Å²) in [5.74, 6) is -0.0975. The van der Waals surface area contributed by atoms with Gasteiger partial charge < -0.3 is 4.74 Å². The molecule has 2 rings (SSSR count). The van der Waals surface area contributed by atoms with Gasteiger partial charge in [-0.05, 0) is 23.6 Å². The van der Waals surface area contributed by atoms with E-state index in [2.05, 4.69) is 5.10 Å². The van der Waals surface area contributed by atoms with Gasteiger partial charge >= 0.3 is 11.7 Å². The van der Waals surface area contributed by atoms with Gasteiger partial charge in [0, 0.05) is 27.5 Å². The molecule has 0 aliphatic rings. The highest BCUT2D eigenvalue weighted by atomic mass is 32.2. The van der Waals surface area contributed by atoms with Gasteiger partial charge in [-0.15, -0.1) is 0 Å². The molecule has 2 aromatic rings. The second kappa shape index (κ2) is 8.03. The number of nitrogens with zero attached hydrogens (tertiary/aromatic N) is 2. The predicted molar refractivity (Wildman–Crippen MR) is 92.7 cm³/mol. The van der Waals surface area contributed by atoms with Crippen LogP contribution in [0.25, 0.3) is 11.1 Å². The molecule has 0 amide bonds. The van der Waals surface area contributed by atoms with Crippen molar-refractivity contribution in [3.05, 3.63) is 40.8 Å². The fourth-order valence-corrected chi connectivity index (χ4v) is 2.69. The van der Waals surface area contributed by atoms with Crippen molar-refractivity contribution in [3.8, 4) is 16.9 Å². The van der Waals surface area contributed by atoms with Crippen LogP contribution in [0.2, 0.25) is 0 Å². The van der Waals surface area contributed by atoms with E-state index in [0.717, 1.165) is 0 Å². The van der Waals surface area contributed by atoms with E-state index in [-0.39, 0.29) is 18.3 Å². The third kappa shape index (κ3) is 5.17. The van der Waals surface area contributed by atoms with Gasteiger partial charge in [-0.25, -0.2) is 4.68 Å². The molecule has 1 atom stereocenters. The van der Waals surface area contributed by atoms with Crippen molar-refractivity contribution in [3.63, 3.8) is 0 Å². The lowest BCUT2D eigenvalue weighted by Crippen LogP contribution is -2.31. The largest absolute Gasteiger partial charge is 0.487 e. The van der Waals surface area contributed by atoms with E-state index in [1.807, 2.05) is 13.8 Å². The quantitative estimate of drug-likeness (QED) is 0.762. The molecule has 1 aromatic carbocycles. The molecular formula is C17H19F3N2O3S. The minimum atomic E-state index is -4.57. The van der Waals surface area contributed by atoms with E-state index < -0.39 is 29.1 Å². The normalized spacial score (nSPS) is 13.0. The summed E-state index contributed by atoms with van der Waals surface area (Å²) in [6, 6.07) is 6.50. The Kier molecular flexibility index (Phi) is 6.22. The smallest absolute Gasteiger partial charge is 0.408 e. The van der Waals surface area contributed by atoms with Crippen molar-refractivity contribution in [2.75, 3.05) is 12.9 Å². The third-order valence-electron chi connectivity index (χ3n) is 3.39. The summed E-state index contributed by atoms with van der Waals surface area (Å²) in [5.41, 5.74) is -0.104. The van der Waals surface area contributed by atoms with Gasteiger partial charge in [0.2, 0.25) is 0 Å². The van der Waals surface area contributed by atoms with Gasteiger partial charge in [-0.1, -0.05) is 26.0 Å². The van der Waals surface area contributed by atoms with Crippen LogP contribution in [-0.2, 0) is 17.3 Å². The molecule has 1 heterocycles. The maximum atomic E-state index is 12.6. The number of rotatable bonds is 6. The van der Waals surface area contributed by atoms with Gasteiger partial charge in [0.1, 0.15) is 6.54 Å². The van der Waals surface area contributed by atoms with Crippen molar-refractivity contribution in [1.82, 2.24) is 9.78 Å². The molecule has 0 aliphatic heterocycles. The Morgan fingerprint density at radius 2 is 1.85 bits per heavy atom. The number of ether oxygens (including phenoxy) is 1. The summed E-state index contributed by atoms with van der Waals surface area (Å²) >= 11 is 0. The molecule has 0 N–H and O–H groups in total. The number of benzene rings is 1. The van der Waals surface area contributed by atoms with Gasteiger partial charge in [0.05, 0.1) is 12.8 Å². The first-order chi connectivity index (χ1) is 12.1. The Morgan fingerprint density at radius 1 is 1.23 bits per heavy atom. The van der Waals surface area contributed by atoms with Crippen molar-refractivity contribution < 1.29 is 22.1 Å². The number of aromatic nitrogens is 2. The fourth-order valence-electron chi connectivity index (χ4n) is 2.17. The lowest BCUT2D eigenvalue weighted by molar-refractivity contribution is -0.143. The minimum Gasteiger partial charge on any atom is -0.487 e. The molecule has 1 unspecified atom stereocenters.